The van der Waals surface area contributed by atoms with Crippen molar-refractivity contribution in [3.05, 3.63) is 47.8 Å². The van der Waals surface area contributed by atoms with E-state index in [1.54, 1.807) is 10.9 Å². The van der Waals surface area contributed by atoms with Gasteiger partial charge in [0.25, 0.3) is 5.91 Å². The van der Waals surface area contributed by atoms with Crippen LogP contribution in [-0.2, 0) is 6.54 Å². The Kier molecular flexibility index (Phi) is 8.04. The SMILES string of the molecule is O=C(NCC(c1ccccc1)N1CCCCCC1)c1cn(CCN2CCNCC2)nn1. The Morgan fingerprint density at radius 3 is 2.48 bits per heavy atom. The molecule has 1 atom stereocenters. The minimum absolute atomic E-state index is 0.149. The van der Waals surface area contributed by atoms with E-state index in [9.17, 15) is 4.79 Å². The molecule has 8 heteroatoms. The number of rotatable bonds is 8. The molecule has 2 N–H and O–H groups in total. The number of amides is 1. The van der Waals surface area contributed by atoms with E-state index in [1.165, 1.54) is 31.2 Å². The van der Waals surface area contributed by atoms with E-state index in [2.05, 4.69) is 55.0 Å². The summed E-state index contributed by atoms with van der Waals surface area (Å²) in [4.78, 5) is 17.7. The minimum Gasteiger partial charge on any atom is -0.349 e. The lowest BCUT2D eigenvalue weighted by Crippen LogP contribution is -2.44. The molecule has 2 aromatic rings. The Hall–Kier alpha value is -2.29. The molecular formula is C23H35N7O. The van der Waals surface area contributed by atoms with Crippen molar-refractivity contribution in [2.24, 2.45) is 0 Å². The zero-order valence-corrected chi connectivity index (χ0v) is 18.4. The highest BCUT2D eigenvalue weighted by molar-refractivity contribution is 5.91. The number of benzene rings is 1. The van der Waals surface area contributed by atoms with Gasteiger partial charge in [-0.1, -0.05) is 48.4 Å². The van der Waals surface area contributed by atoms with E-state index >= 15 is 0 Å². The maximum atomic E-state index is 12.8. The molecule has 3 heterocycles. The molecule has 2 fully saturated rings. The van der Waals surface area contributed by atoms with Gasteiger partial charge >= 0.3 is 0 Å². The van der Waals surface area contributed by atoms with Gasteiger partial charge in [-0.3, -0.25) is 19.3 Å². The van der Waals surface area contributed by atoms with Gasteiger partial charge in [-0.05, 0) is 31.5 Å². The van der Waals surface area contributed by atoms with Gasteiger partial charge in [-0.15, -0.1) is 5.10 Å². The first-order valence-electron chi connectivity index (χ1n) is 11.7. The van der Waals surface area contributed by atoms with Gasteiger partial charge in [0, 0.05) is 39.3 Å². The number of piperazine rings is 1. The van der Waals surface area contributed by atoms with Crippen LogP contribution in [0.25, 0.3) is 0 Å². The lowest BCUT2D eigenvalue weighted by molar-refractivity contribution is 0.0928. The summed E-state index contributed by atoms with van der Waals surface area (Å²) < 4.78 is 1.78. The number of carbonyl (C=O) groups excluding carboxylic acids is 1. The Bertz CT molecular complexity index is 795. The molecule has 2 aliphatic heterocycles. The van der Waals surface area contributed by atoms with Crippen molar-refractivity contribution in [1.82, 2.24) is 35.4 Å². The summed E-state index contributed by atoms with van der Waals surface area (Å²) in [6.45, 7) is 8.59. The molecule has 4 rings (SSSR count). The molecule has 0 aliphatic carbocycles. The zero-order chi connectivity index (χ0) is 21.3. The monoisotopic (exact) mass is 425 g/mol. The number of aromatic nitrogens is 3. The number of likely N-dealkylation sites (tertiary alicyclic amines) is 1. The fourth-order valence-electron chi connectivity index (χ4n) is 4.51. The highest BCUT2D eigenvalue weighted by Gasteiger charge is 2.23. The fourth-order valence-corrected chi connectivity index (χ4v) is 4.51. The molecule has 0 saturated carbocycles. The Morgan fingerprint density at radius 1 is 1.00 bits per heavy atom. The molecule has 1 aromatic carbocycles. The van der Waals surface area contributed by atoms with Gasteiger partial charge in [-0.25, -0.2) is 0 Å². The van der Waals surface area contributed by atoms with Crippen LogP contribution in [0.1, 0.15) is 47.8 Å². The summed E-state index contributed by atoms with van der Waals surface area (Å²) in [6.07, 6.45) is 6.79. The summed E-state index contributed by atoms with van der Waals surface area (Å²) in [6, 6.07) is 10.7. The summed E-state index contributed by atoms with van der Waals surface area (Å²) in [7, 11) is 0. The zero-order valence-electron chi connectivity index (χ0n) is 18.4. The Balaban J connectivity index is 1.33. The van der Waals surface area contributed by atoms with Gasteiger partial charge in [0.2, 0.25) is 0 Å². The summed E-state index contributed by atoms with van der Waals surface area (Å²) in [5.74, 6) is -0.149. The first kappa shape index (κ1) is 21.9. The summed E-state index contributed by atoms with van der Waals surface area (Å²) >= 11 is 0. The predicted molar refractivity (Wildman–Crippen MR) is 121 cm³/mol. The molecule has 2 aliphatic rings. The van der Waals surface area contributed by atoms with Crippen molar-refractivity contribution in [3.63, 3.8) is 0 Å². The van der Waals surface area contributed by atoms with E-state index in [-0.39, 0.29) is 11.9 Å². The molecule has 1 amide bonds. The standard InChI is InChI=1S/C23H35N7O/c31-23(21-19-30(27-26-21)17-16-28-14-10-24-11-15-28)25-18-22(20-8-4-3-5-9-20)29-12-6-1-2-7-13-29/h3-5,8-9,19,22,24H,1-2,6-7,10-18H2,(H,25,31). The van der Waals surface area contributed by atoms with Gasteiger partial charge in [0.1, 0.15) is 0 Å². The van der Waals surface area contributed by atoms with Crippen LogP contribution in [0.5, 0.6) is 0 Å². The third kappa shape index (κ3) is 6.35. The number of nitrogens with one attached hydrogen (secondary N) is 2. The van der Waals surface area contributed by atoms with Crippen molar-refractivity contribution in [3.8, 4) is 0 Å². The topological polar surface area (TPSA) is 78.3 Å². The lowest BCUT2D eigenvalue weighted by Gasteiger charge is -2.31. The molecule has 0 radical (unpaired) electrons. The van der Waals surface area contributed by atoms with E-state index in [4.69, 9.17) is 0 Å². The summed E-state index contributed by atoms with van der Waals surface area (Å²) in [5.41, 5.74) is 1.65. The van der Waals surface area contributed by atoms with Gasteiger partial charge in [0.15, 0.2) is 5.69 Å². The Morgan fingerprint density at radius 2 is 1.74 bits per heavy atom. The molecule has 31 heavy (non-hydrogen) atoms. The molecule has 1 unspecified atom stereocenters. The maximum absolute atomic E-state index is 12.8. The van der Waals surface area contributed by atoms with Crippen molar-refractivity contribution < 1.29 is 4.79 Å². The van der Waals surface area contributed by atoms with Crippen LogP contribution in [0.3, 0.4) is 0 Å². The lowest BCUT2D eigenvalue weighted by atomic mass is 10.0. The third-order valence-corrected chi connectivity index (χ3v) is 6.35. The quantitative estimate of drug-likeness (QED) is 0.668. The first-order chi connectivity index (χ1) is 15.3. The normalized spacial score (nSPS) is 19.6. The molecular weight excluding hydrogens is 390 g/mol. The second-order valence-corrected chi connectivity index (χ2v) is 8.55. The highest BCUT2D eigenvalue weighted by Crippen LogP contribution is 2.23. The van der Waals surface area contributed by atoms with E-state index in [1.807, 2.05) is 6.07 Å². The highest BCUT2D eigenvalue weighted by atomic mass is 16.2. The number of hydrogen-bond donors (Lipinski definition) is 2. The Labute approximate surface area is 185 Å². The van der Waals surface area contributed by atoms with Crippen molar-refractivity contribution in [2.45, 2.75) is 38.3 Å². The predicted octanol–water partition coefficient (Wildman–Crippen LogP) is 1.53. The van der Waals surface area contributed by atoms with Crippen molar-refractivity contribution >= 4 is 5.91 Å². The van der Waals surface area contributed by atoms with Crippen molar-refractivity contribution in [1.29, 1.82) is 0 Å². The molecule has 8 nitrogen and oxygen atoms in total. The number of nitrogens with zero attached hydrogens (tertiary/aromatic N) is 5. The van der Waals surface area contributed by atoms with Crippen LogP contribution < -0.4 is 10.6 Å². The number of hydrogen-bond acceptors (Lipinski definition) is 6. The van der Waals surface area contributed by atoms with E-state index in [0.717, 1.165) is 52.4 Å². The summed E-state index contributed by atoms with van der Waals surface area (Å²) in [5, 5.41) is 14.8. The van der Waals surface area contributed by atoms with Crippen LogP contribution >= 0.6 is 0 Å². The molecule has 2 saturated heterocycles. The third-order valence-electron chi connectivity index (χ3n) is 6.35. The average molecular weight is 426 g/mol. The number of carbonyl (C=O) groups is 1. The van der Waals surface area contributed by atoms with Crippen LogP contribution in [0.2, 0.25) is 0 Å². The van der Waals surface area contributed by atoms with Crippen LogP contribution in [0, 0.1) is 0 Å². The van der Waals surface area contributed by atoms with E-state index < -0.39 is 0 Å². The minimum atomic E-state index is -0.149. The second kappa shape index (κ2) is 11.4. The average Bonchev–Trinajstić information content (AvgIpc) is 3.14. The molecule has 1 aromatic heterocycles. The van der Waals surface area contributed by atoms with Crippen LogP contribution in [0.4, 0.5) is 0 Å². The fraction of sp³-hybridized carbons (Fsp3) is 0.609. The molecule has 168 valence electrons. The molecule has 0 bridgehead atoms. The molecule has 0 spiro atoms. The van der Waals surface area contributed by atoms with Gasteiger partial charge < -0.3 is 10.6 Å². The smallest absolute Gasteiger partial charge is 0.273 e. The van der Waals surface area contributed by atoms with Crippen LogP contribution in [0.15, 0.2) is 36.5 Å². The first-order valence-corrected chi connectivity index (χ1v) is 11.7. The largest absolute Gasteiger partial charge is 0.349 e. The van der Waals surface area contributed by atoms with E-state index in [0.29, 0.717) is 12.2 Å². The van der Waals surface area contributed by atoms with Gasteiger partial charge in [0.05, 0.1) is 18.8 Å². The van der Waals surface area contributed by atoms with Gasteiger partial charge in [-0.2, -0.15) is 0 Å². The second-order valence-electron chi connectivity index (χ2n) is 8.55. The maximum Gasteiger partial charge on any atom is 0.273 e. The van der Waals surface area contributed by atoms with Crippen LogP contribution in [-0.4, -0.2) is 83.1 Å². The van der Waals surface area contributed by atoms with Crippen molar-refractivity contribution in [2.75, 3.05) is 52.4 Å².